The van der Waals surface area contributed by atoms with Crippen LogP contribution in [0.5, 0.6) is 0 Å². The molecule has 3 aromatic heterocycles. The predicted molar refractivity (Wildman–Crippen MR) is 134 cm³/mol. The molecule has 1 atom stereocenters. The minimum Gasteiger partial charge on any atom is -0.382 e. The number of H-pyrrole nitrogens is 2. The second kappa shape index (κ2) is 10.0. The molecule has 3 heterocycles. The summed E-state index contributed by atoms with van der Waals surface area (Å²) >= 11 is 0. The number of imidazole rings is 2. The normalized spacial score (nSPS) is 12.5. The van der Waals surface area contributed by atoms with Crippen LogP contribution in [0.25, 0.3) is 28.1 Å². The van der Waals surface area contributed by atoms with Crippen molar-refractivity contribution in [1.82, 2.24) is 29.4 Å². The van der Waals surface area contributed by atoms with Gasteiger partial charge in [-0.1, -0.05) is 13.8 Å². The zero-order chi connectivity index (χ0) is 23.4. The number of pyridine rings is 1. The molecule has 4 rings (SSSR count). The smallest absolute Gasteiger partial charge is 0.261 e. The zero-order valence-electron chi connectivity index (χ0n) is 19.9. The molecule has 0 aliphatic rings. The quantitative estimate of drug-likeness (QED) is 0.336. The number of aromatic nitrogens is 5. The highest BCUT2D eigenvalue weighted by molar-refractivity contribution is 5.86. The Kier molecular flexibility index (Phi) is 6.93. The number of aryl methyl sites for hydroxylation is 1. The van der Waals surface area contributed by atoms with Crippen molar-refractivity contribution in [3.8, 4) is 17.1 Å². The van der Waals surface area contributed by atoms with Crippen LogP contribution in [0.3, 0.4) is 0 Å². The van der Waals surface area contributed by atoms with E-state index in [1.165, 1.54) is 0 Å². The number of rotatable bonds is 10. The Bertz CT molecular complexity index is 1250. The summed E-state index contributed by atoms with van der Waals surface area (Å²) in [5, 5.41) is 3.54. The molecule has 0 radical (unpaired) electrons. The van der Waals surface area contributed by atoms with E-state index in [0.717, 1.165) is 60.4 Å². The van der Waals surface area contributed by atoms with Crippen LogP contribution in [0.1, 0.15) is 39.2 Å². The van der Waals surface area contributed by atoms with Gasteiger partial charge >= 0.3 is 0 Å². The average molecular weight is 448 g/mol. The highest BCUT2D eigenvalue weighted by Crippen LogP contribution is 2.28. The predicted octanol–water partition coefficient (Wildman–Crippen LogP) is 4.33. The van der Waals surface area contributed by atoms with Crippen molar-refractivity contribution in [3.63, 3.8) is 0 Å². The van der Waals surface area contributed by atoms with Crippen LogP contribution >= 0.6 is 0 Å². The lowest BCUT2D eigenvalue weighted by Crippen LogP contribution is -2.26. The molecule has 4 aromatic rings. The summed E-state index contributed by atoms with van der Waals surface area (Å²) in [5.41, 5.74) is 4.93. The summed E-state index contributed by atoms with van der Waals surface area (Å²) < 4.78 is 1.95. The molecular weight excluding hydrogens is 414 g/mol. The van der Waals surface area contributed by atoms with E-state index in [4.69, 9.17) is 4.98 Å². The van der Waals surface area contributed by atoms with E-state index < -0.39 is 0 Å². The standard InChI is InChI=1S/C25H33N7O/c1-5-31(6-2)12-7-8-18(4)28-20-9-10-27-25(33)22(20)24-29-21-15-19(32-13-11-26-16-32)14-17(3)23(21)30-24/h9-11,13-16,18H,5-8,12H2,1-4H3,(H,29,30)(H2,27,28,33). The van der Waals surface area contributed by atoms with Crippen LogP contribution < -0.4 is 10.9 Å². The summed E-state index contributed by atoms with van der Waals surface area (Å²) in [4.78, 5) is 30.4. The second-order valence-corrected chi connectivity index (χ2v) is 8.52. The van der Waals surface area contributed by atoms with Crippen LogP contribution in [0, 0.1) is 6.92 Å². The SMILES string of the molecule is CCN(CC)CCCC(C)Nc1cc[nH]c(=O)c1-c1nc2c(C)cc(-n3ccnc3)cc2[nH]1. The van der Waals surface area contributed by atoms with Crippen molar-refractivity contribution in [1.29, 1.82) is 0 Å². The van der Waals surface area contributed by atoms with Gasteiger partial charge in [0.05, 0.1) is 23.0 Å². The van der Waals surface area contributed by atoms with Gasteiger partial charge in [-0.15, -0.1) is 0 Å². The molecule has 0 aliphatic heterocycles. The fourth-order valence-electron chi connectivity index (χ4n) is 4.28. The van der Waals surface area contributed by atoms with Gasteiger partial charge in [0.15, 0.2) is 0 Å². The second-order valence-electron chi connectivity index (χ2n) is 8.52. The summed E-state index contributed by atoms with van der Waals surface area (Å²) in [6.45, 7) is 11.8. The Morgan fingerprint density at radius 1 is 1.24 bits per heavy atom. The Balaban J connectivity index is 1.60. The molecule has 1 aromatic carbocycles. The molecule has 8 nitrogen and oxygen atoms in total. The van der Waals surface area contributed by atoms with Gasteiger partial charge < -0.3 is 24.8 Å². The maximum absolute atomic E-state index is 12.8. The third-order valence-corrected chi connectivity index (χ3v) is 6.17. The molecule has 0 spiro atoms. The van der Waals surface area contributed by atoms with Crippen molar-refractivity contribution in [3.05, 3.63) is 59.0 Å². The lowest BCUT2D eigenvalue weighted by atomic mass is 10.1. The molecule has 0 saturated carbocycles. The molecular formula is C25H33N7O. The summed E-state index contributed by atoms with van der Waals surface area (Å²) in [6.07, 6.45) is 9.24. The summed E-state index contributed by atoms with van der Waals surface area (Å²) in [7, 11) is 0. The minimum absolute atomic E-state index is 0.165. The molecule has 174 valence electrons. The third-order valence-electron chi connectivity index (χ3n) is 6.17. The number of hydrogen-bond donors (Lipinski definition) is 3. The molecule has 1 unspecified atom stereocenters. The number of aromatic amines is 2. The highest BCUT2D eigenvalue weighted by Gasteiger charge is 2.17. The van der Waals surface area contributed by atoms with Crippen molar-refractivity contribution in [2.75, 3.05) is 25.0 Å². The van der Waals surface area contributed by atoms with Crippen molar-refractivity contribution >= 4 is 16.7 Å². The van der Waals surface area contributed by atoms with E-state index in [2.05, 4.69) is 52.0 Å². The highest BCUT2D eigenvalue weighted by atomic mass is 16.1. The lowest BCUT2D eigenvalue weighted by Gasteiger charge is -2.20. The Morgan fingerprint density at radius 3 is 2.79 bits per heavy atom. The first kappa shape index (κ1) is 22.8. The number of nitrogens with zero attached hydrogens (tertiary/aromatic N) is 4. The maximum Gasteiger partial charge on any atom is 0.261 e. The third kappa shape index (κ3) is 5.01. The maximum atomic E-state index is 12.8. The molecule has 8 heteroatoms. The molecule has 0 amide bonds. The van der Waals surface area contributed by atoms with Gasteiger partial charge in [0, 0.05) is 30.3 Å². The van der Waals surface area contributed by atoms with E-state index in [0.29, 0.717) is 11.4 Å². The van der Waals surface area contributed by atoms with Gasteiger partial charge in [0.25, 0.3) is 5.56 Å². The molecule has 33 heavy (non-hydrogen) atoms. The summed E-state index contributed by atoms with van der Waals surface area (Å²) in [6, 6.07) is 6.25. The Hall–Kier alpha value is -3.39. The van der Waals surface area contributed by atoms with Gasteiger partial charge in [0.2, 0.25) is 0 Å². The van der Waals surface area contributed by atoms with E-state index in [1.54, 1.807) is 18.7 Å². The minimum atomic E-state index is -0.165. The van der Waals surface area contributed by atoms with Gasteiger partial charge in [-0.05, 0) is 70.1 Å². The van der Waals surface area contributed by atoms with Crippen LogP contribution in [0.15, 0.2) is 47.9 Å². The Morgan fingerprint density at radius 2 is 2.06 bits per heavy atom. The first-order valence-corrected chi connectivity index (χ1v) is 11.7. The summed E-state index contributed by atoms with van der Waals surface area (Å²) in [5.74, 6) is 0.565. The van der Waals surface area contributed by atoms with Crippen molar-refractivity contribution in [2.24, 2.45) is 0 Å². The fourth-order valence-corrected chi connectivity index (χ4v) is 4.28. The first-order valence-electron chi connectivity index (χ1n) is 11.7. The zero-order valence-corrected chi connectivity index (χ0v) is 19.9. The van der Waals surface area contributed by atoms with Gasteiger partial charge in [-0.3, -0.25) is 4.79 Å². The molecule has 0 bridgehead atoms. The molecule has 0 aliphatic carbocycles. The Labute approximate surface area is 194 Å². The van der Waals surface area contributed by atoms with Gasteiger partial charge in [-0.2, -0.15) is 0 Å². The number of hydrogen-bond acceptors (Lipinski definition) is 5. The van der Waals surface area contributed by atoms with Gasteiger partial charge in [0.1, 0.15) is 11.4 Å². The van der Waals surface area contributed by atoms with Gasteiger partial charge in [-0.25, -0.2) is 9.97 Å². The number of nitrogens with one attached hydrogen (secondary N) is 3. The topological polar surface area (TPSA) is 94.6 Å². The fraction of sp³-hybridized carbons (Fsp3) is 0.400. The van der Waals surface area contributed by atoms with E-state index >= 15 is 0 Å². The monoisotopic (exact) mass is 447 g/mol. The molecule has 0 fully saturated rings. The van der Waals surface area contributed by atoms with Crippen LogP contribution in [0.4, 0.5) is 5.69 Å². The van der Waals surface area contributed by atoms with E-state index in [9.17, 15) is 4.79 Å². The number of benzene rings is 1. The van der Waals surface area contributed by atoms with E-state index in [1.807, 2.05) is 29.8 Å². The van der Waals surface area contributed by atoms with Crippen LogP contribution in [-0.2, 0) is 0 Å². The molecule has 0 saturated heterocycles. The number of anilines is 1. The van der Waals surface area contributed by atoms with E-state index in [-0.39, 0.29) is 11.6 Å². The average Bonchev–Trinajstić information content (AvgIpc) is 3.47. The van der Waals surface area contributed by atoms with Crippen LogP contribution in [-0.4, -0.2) is 55.1 Å². The van der Waals surface area contributed by atoms with Crippen LogP contribution in [0.2, 0.25) is 0 Å². The first-order chi connectivity index (χ1) is 16.0. The number of fused-ring (bicyclic) bond motifs is 1. The molecule has 3 N–H and O–H groups in total. The van der Waals surface area contributed by atoms with Crippen molar-refractivity contribution < 1.29 is 0 Å². The lowest BCUT2D eigenvalue weighted by molar-refractivity contribution is 0.295. The van der Waals surface area contributed by atoms with Crippen molar-refractivity contribution in [2.45, 2.75) is 46.6 Å². The largest absolute Gasteiger partial charge is 0.382 e.